The van der Waals surface area contributed by atoms with Crippen molar-refractivity contribution in [2.24, 2.45) is 5.73 Å². The minimum atomic E-state index is -1.01. The second-order valence-corrected chi connectivity index (χ2v) is 7.60. The summed E-state index contributed by atoms with van der Waals surface area (Å²) in [5.74, 6) is -1.11. The predicted molar refractivity (Wildman–Crippen MR) is 110 cm³/mol. The average Bonchev–Trinajstić information content (AvgIpc) is 2.66. The first-order valence-corrected chi connectivity index (χ1v) is 9.20. The van der Waals surface area contributed by atoms with Crippen LogP contribution in [0.1, 0.15) is 43.6 Å². The van der Waals surface area contributed by atoms with Gasteiger partial charge in [-0.15, -0.1) is 0 Å². The molecule has 2 amide bonds. The van der Waals surface area contributed by atoms with E-state index in [1.54, 1.807) is 18.2 Å². The van der Waals surface area contributed by atoms with E-state index in [2.05, 4.69) is 26.1 Å². The fourth-order valence-corrected chi connectivity index (χ4v) is 2.60. The first-order valence-electron chi connectivity index (χ1n) is 9.20. The summed E-state index contributed by atoms with van der Waals surface area (Å²) in [6.45, 7) is 7.31. The molecular formula is C22H26N2O5. The van der Waals surface area contributed by atoms with Gasteiger partial charge in [-0.3, -0.25) is 9.59 Å². The Bertz CT molecular complexity index is 885. The lowest BCUT2D eigenvalue weighted by Crippen LogP contribution is -2.31. The number of amides is 2. The summed E-state index contributed by atoms with van der Waals surface area (Å²) in [5.41, 5.74) is 6.79. The van der Waals surface area contributed by atoms with Crippen molar-refractivity contribution in [3.05, 3.63) is 59.7 Å². The molecule has 0 spiro atoms. The van der Waals surface area contributed by atoms with Gasteiger partial charge in [-0.1, -0.05) is 39.0 Å². The van der Waals surface area contributed by atoms with Crippen LogP contribution in [0, 0.1) is 0 Å². The van der Waals surface area contributed by atoms with Gasteiger partial charge in [0.15, 0.2) is 12.7 Å². The van der Waals surface area contributed by atoms with Gasteiger partial charge < -0.3 is 20.5 Å². The second kappa shape index (κ2) is 9.23. The predicted octanol–water partition coefficient (Wildman–Crippen LogP) is 3.03. The van der Waals surface area contributed by atoms with Crippen LogP contribution in [0.25, 0.3) is 0 Å². The fraction of sp³-hybridized carbons (Fsp3) is 0.318. The molecule has 1 atom stereocenters. The normalized spacial score (nSPS) is 12.0. The van der Waals surface area contributed by atoms with Crippen LogP contribution < -0.4 is 15.8 Å². The lowest BCUT2D eigenvalue weighted by atomic mass is 9.86. The van der Waals surface area contributed by atoms with Crippen molar-refractivity contribution in [3.8, 4) is 5.75 Å². The number of rotatable bonds is 7. The molecule has 2 aromatic carbocycles. The van der Waals surface area contributed by atoms with Gasteiger partial charge in [0, 0.05) is 11.3 Å². The molecule has 7 heteroatoms. The Morgan fingerprint density at radius 1 is 1.03 bits per heavy atom. The highest BCUT2D eigenvalue weighted by atomic mass is 16.6. The molecule has 0 aliphatic rings. The Hall–Kier alpha value is -3.35. The maximum atomic E-state index is 12.2. The van der Waals surface area contributed by atoms with Crippen molar-refractivity contribution in [2.45, 2.75) is 39.2 Å². The lowest BCUT2D eigenvalue weighted by Gasteiger charge is -2.22. The highest BCUT2D eigenvalue weighted by Crippen LogP contribution is 2.30. The van der Waals surface area contributed by atoms with Crippen LogP contribution in [0.15, 0.2) is 48.5 Å². The van der Waals surface area contributed by atoms with Gasteiger partial charge in [-0.2, -0.15) is 0 Å². The van der Waals surface area contributed by atoms with Crippen molar-refractivity contribution in [1.82, 2.24) is 0 Å². The van der Waals surface area contributed by atoms with Crippen LogP contribution in [0.4, 0.5) is 5.69 Å². The zero-order valence-corrected chi connectivity index (χ0v) is 17.0. The largest absolute Gasteiger partial charge is 0.482 e. The minimum absolute atomic E-state index is 0.141. The van der Waals surface area contributed by atoms with Crippen molar-refractivity contribution < 1.29 is 23.9 Å². The smallest absolute Gasteiger partial charge is 0.344 e. The number of hydrogen-bond donors (Lipinski definition) is 2. The van der Waals surface area contributed by atoms with E-state index in [0.29, 0.717) is 17.0 Å². The van der Waals surface area contributed by atoms with E-state index in [1.807, 2.05) is 18.2 Å². The molecule has 0 aliphatic heterocycles. The molecule has 2 aromatic rings. The summed E-state index contributed by atoms with van der Waals surface area (Å²) in [6.07, 6.45) is -1.01. The molecule has 3 N–H and O–H groups in total. The van der Waals surface area contributed by atoms with Gasteiger partial charge in [0.1, 0.15) is 5.75 Å². The molecule has 0 saturated carbocycles. The zero-order valence-electron chi connectivity index (χ0n) is 17.0. The van der Waals surface area contributed by atoms with Gasteiger partial charge >= 0.3 is 5.97 Å². The van der Waals surface area contributed by atoms with Gasteiger partial charge in [0.2, 0.25) is 5.91 Å². The van der Waals surface area contributed by atoms with Gasteiger partial charge in [-0.05, 0) is 48.2 Å². The number of primary amides is 1. The highest BCUT2D eigenvalue weighted by Gasteiger charge is 2.21. The van der Waals surface area contributed by atoms with E-state index in [9.17, 15) is 14.4 Å². The van der Waals surface area contributed by atoms with Crippen molar-refractivity contribution in [3.63, 3.8) is 0 Å². The quantitative estimate of drug-likeness (QED) is 0.697. The fourth-order valence-electron chi connectivity index (χ4n) is 2.60. The van der Waals surface area contributed by atoms with Crippen LogP contribution in [0.3, 0.4) is 0 Å². The number of ether oxygens (including phenoxy) is 2. The SMILES string of the molecule is C[C@@H](OC(=O)COc1ccccc1C(C)(C)C)C(=O)Nc1ccc(C(N)=O)cc1. The number of esters is 1. The molecule has 0 bridgehead atoms. The number of para-hydroxylation sites is 1. The topological polar surface area (TPSA) is 108 Å². The van der Waals surface area contributed by atoms with E-state index in [4.69, 9.17) is 15.2 Å². The van der Waals surface area contributed by atoms with Gasteiger partial charge in [-0.25, -0.2) is 4.79 Å². The highest BCUT2D eigenvalue weighted by molar-refractivity contribution is 5.96. The lowest BCUT2D eigenvalue weighted by molar-refractivity contribution is -0.155. The molecule has 0 aromatic heterocycles. The van der Waals surface area contributed by atoms with Crippen LogP contribution in [-0.4, -0.2) is 30.5 Å². The number of hydrogen-bond acceptors (Lipinski definition) is 5. The number of benzene rings is 2. The number of carbonyl (C=O) groups is 3. The van der Waals surface area contributed by atoms with Crippen molar-refractivity contribution in [2.75, 3.05) is 11.9 Å². The summed E-state index contributed by atoms with van der Waals surface area (Å²) in [6, 6.07) is 13.5. The summed E-state index contributed by atoms with van der Waals surface area (Å²) < 4.78 is 10.8. The van der Waals surface area contributed by atoms with Gasteiger partial charge in [0.05, 0.1) is 0 Å². The Labute approximate surface area is 170 Å². The van der Waals surface area contributed by atoms with E-state index in [1.165, 1.54) is 19.1 Å². The molecule has 2 rings (SSSR count). The molecule has 0 unspecified atom stereocenters. The van der Waals surface area contributed by atoms with E-state index in [0.717, 1.165) is 5.56 Å². The van der Waals surface area contributed by atoms with E-state index in [-0.39, 0.29) is 12.0 Å². The van der Waals surface area contributed by atoms with Crippen LogP contribution in [-0.2, 0) is 19.7 Å². The third kappa shape index (κ3) is 6.34. The summed E-state index contributed by atoms with van der Waals surface area (Å²) in [4.78, 5) is 35.4. The molecule has 0 aliphatic carbocycles. The Morgan fingerprint density at radius 2 is 1.66 bits per heavy atom. The second-order valence-electron chi connectivity index (χ2n) is 7.60. The Kier molecular flexibility index (Phi) is 6.98. The molecule has 0 radical (unpaired) electrons. The van der Waals surface area contributed by atoms with E-state index < -0.39 is 23.9 Å². The third-order valence-corrected chi connectivity index (χ3v) is 4.16. The monoisotopic (exact) mass is 398 g/mol. The summed E-state index contributed by atoms with van der Waals surface area (Å²) in [5, 5.41) is 2.61. The molecule has 29 heavy (non-hydrogen) atoms. The summed E-state index contributed by atoms with van der Waals surface area (Å²) >= 11 is 0. The van der Waals surface area contributed by atoms with Crippen LogP contribution >= 0.6 is 0 Å². The van der Waals surface area contributed by atoms with E-state index >= 15 is 0 Å². The standard InChI is InChI=1S/C22H26N2O5/c1-14(21(27)24-16-11-9-15(10-12-16)20(23)26)29-19(25)13-28-18-8-6-5-7-17(18)22(2,3)4/h5-12,14H,13H2,1-4H3,(H2,23,26)(H,24,27)/t14-/m1/s1. The number of anilines is 1. The Balaban J connectivity index is 1.89. The molecule has 0 heterocycles. The van der Waals surface area contributed by atoms with Crippen molar-refractivity contribution in [1.29, 1.82) is 0 Å². The molecule has 154 valence electrons. The minimum Gasteiger partial charge on any atom is -0.482 e. The maximum absolute atomic E-state index is 12.2. The summed E-state index contributed by atoms with van der Waals surface area (Å²) in [7, 11) is 0. The third-order valence-electron chi connectivity index (χ3n) is 4.16. The van der Waals surface area contributed by atoms with Gasteiger partial charge in [0.25, 0.3) is 5.91 Å². The molecule has 7 nitrogen and oxygen atoms in total. The van der Waals surface area contributed by atoms with Crippen molar-refractivity contribution >= 4 is 23.5 Å². The van der Waals surface area contributed by atoms with Crippen LogP contribution in [0.2, 0.25) is 0 Å². The molecular weight excluding hydrogens is 372 g/mol. The number of nitrogens with one attached hydrogen (secondary N) is 1. The first-order chi connectivity index (χ1) is 13.6. The average molecular weight is 398 g/mol. The Morgan fingerprint density at radius 3 is 2.24 bits per heavy atom. The van der Waals surface area contributed by atoms with Crippen LogP contribution in [0.5, 0.6) is 5.75 Å². The number of carbonyl (C=O) groups excluding carboxylic acids is 3. The number of nitrogens with two attached hydrogens (primary N) is 1. The molecule has 0 fully saturated rings. The zero-order chi connectivity index (χ0) is 21.6. The maximum Gasteiger partial charge on any atom is 0.344 e. The first kappa shape index (κ1) is 21.9. The molecule has 0 saturated heterocycles.